The molecule has 9 nitrogen and oxygen atoms in total. The highest BCUT2D eigenvalue weighted by Gasteiger charge is 2.43. The van der Waals surface area contributed by atoms with Crippen molar-refractivity contribution in [2.45, 2.75) is 384 Å². The maximum atomic E-state index is 13.0. The Balaban J connectivity index is 2.13. The smallest absolute Gasteiger partial charge is 0.306 e. The molecule has 0 aliphatic carbocycles. The van der Waals surface area contributed by atoms with E-state index < -0.39 is 43.2 Å². The van der Waals surface area contributed by atoms with Gasteiger partial charge in [0.05, 0.1) is 12.7 Å². The Bertz CT molecular complexity index is 1150. The van der Waals surface area contributed by atoms with Gasteiger partial charge in [-0.25, -0.2) is 0 Å². The summed E-state index contributed by atoms with van der Waals surface area (Å²) in [4.78, 5) is 25.7. The van der Waals surface area contributed by atoms with Gasteiger partial charge in [0.15, 0.2) is 0 Å². The molecule has 4 N–H and O–H groups in total. The monoisotopic (exact) mass is 1040 g/mol. The van der Waals surface area contributed by atoms with E-state index in [1.165, 1.54) is 270 Å². The number of unbranched alkanes of at least 4 members (excludes halogenated alkanes) is 46. The van der Waals surface area contributed by atoms with Crippen LogP contribution in [-0.2, 0) is 23.8 Å². The molecule has 0 aromatic heterocycles. The molecule has 0 bridgehead atoms. The Morgan fingerprint density at radius 2 is 0.630 bits per heavy atom. The molecule has 1 heterocycles. The molecule has 0 aromatic carbocycles. The minimum absolute atomic E-state index is 0.0825. The summed E-state index contributed by atoms with van der Waals surface area (Å²) in [6.07, 6.45) is 57.9. The van der Waals surface area contributed by atoms with Crippen molar-refractivity contribution in [1.82, 2.24) is 0 Å². The number of aliphatic hydroxyl groups excluding tert-OH is 4. The lowest BCUT2D eigenvalue weighted by Crippen LogP contribution is -2.58. The van der Waals surface area contributed by atoms with Crippen LogP contribution in [-0.4, -0.2) is 82.2 Å². The SMILES string of the molecule is CCCCCCCCCCCCCCCCCCCCCCCCCCC(=O)OC[C@H](CC[C@@H]1O[C@H](CO)[C@H](O)[C@H](O)[C@H]1O)OC(=O)CCCCCCCCCCCCCCCCCCCCCCCCCC. The average Bonchev–Trinajstić information content (AvgIpc) is 3.39. The highest BCUT2D eigenvalue weighted by atomic mass is 16.6. The minimum atomic E-state index is -1.47. The van der Waals surface area contributed by atoms with Gasteiger partial charge in [-0.1, -0.05) is 309 Å². The van der Waals surface area contributed by atoms with Crippen LogP contribution in [0.2, 0.25) is 0 Å². The first-order valence-corrected chi connectivity index (χ1v) is 32.5. The van der Waals surface area contributed by atoms with Crippen molar-refractivity contribution in [3.05, 3.63) is 0 Å². The molecule has 9 heteroatoms. The van der Waals surface area contributed by atoms with Crippen molar-refractivity contribution < 1.29 is 44.2 Å². The van der Waals surface area contributed by atoms with E-state index in [1.807, 2.05) is 0 Å². The quantitative estimate of drug-likeness (QED) is 0.0346. The summed E-state index contributed by atoms with van der Waals surface area (Å²) in [7, 11) is 0. The molecule has 1 aliphatic heterocycles. The maximum absolute atomic E-state index is 13.0. The van der Waals surface area contributed by atoms with Crippen molar-refractivity contribution in [2.24, 2.45) is 0 Å². The van der Waals surface area contributed by atoms with Crippen LogP contribution in [0.15, 0.2) is 0 Å². The van der Waals surface area contributed by atoms with Gasteiger partial charge in [-0.2, -0.15) is 0 Å². The molecule has 0 saturated carbocycles. The zero-order valence-corrected chi connectivity index (χ0v) is 48.5. The van der Waals surface area contributed by atoms with Gasteiger partial charge in [-0.3, -0.25) is 9.59 Å². The number of hydrogen-bond donors (Lipinski definition) is 4. The lowest BCUT2D eigenvalue weighted by Gasteiger charge is -2.40. The number of aliphatic hydroxyl groups is 4. The van der Waals surface area contributed by atoms with Gasteiger partial charge < -0.3 is 34.6 Å². The fourth-order valence-electron chi connectivity index (χ4n) is 10.9. The molecule has 0 aromatic rings. The van der Waals surface area contributed by atoms with Crippen LogP contribution >= 0.6 is 0 Å². The number of carbonyl (C=O) groups excluding carboxylic acids is 2. The zero-order valence-electron chi connectivity index (χ0n) is 48.5. The molecule has 73 heavy (non-hydrogen) atoms. The first-order chi connectivity index (χ1) is 35.8. The molecule has 434 valence electrons. The second-order valence-corrected chi connectivity index (χ2v) is 23.0. The van der Waals surface area contributed by atoms with Crippen molar-refractivity contribution in [3.8, 4) is 0 Å². The third kappa shape index (κ3) is 44.4. The third-order valence-corrected chi connectivity index (χ3v) is 16.0. The van der Waals surface area contributed by atoms with E-state index in [-0.39, 0.29) is 31.4 Å². The lowest BCUT2D eigenvalue weighted by molar-refractivity contribution is -0.231. The highest BCUT2D eigenvalue weighted by Crippen LogP contribution is 2.26. The molecular weight excluding hydrogens is 913 g/mol. The van der Waals surface area contributed by atoms with Crippen molar-refractivity contribution >= 4 is 11.9 Å². The predicted octanol–water partition coefficient (Wildman–Crippen LogP) is 17.6. The molecular formula is C64H124O9. The summed E-state index contributed by atoms with van der Waals surface area (Å²) in [6.45, 7) is 3.99. The third-order valence-electron chi connectivity index (χ3n) is 16.0. The number of esters is 2. The van der Waals surface area contributed by atoms with Crippen LogP contribution in [0.25, 0.3) is 0 Å². The van der Waals surface area contributed by atoms with Crippen molar-refractivity contribution in [3.63, 3.8) is 0 Å². The summed E-state index contributed by atoms with van der Waals surface area (Å²) >= 11 is 0. The average molecular weight is 1040 g/mol. The fourth-order valence-corrected chi connectivity index (χ4v) is 10.9. The standard InChI is InChI=1S/C64H124O9/c1-3-5-7-9-11-13-15-17-19-21-23-25-27-29-31-33-35-37-39-41-43-45-47-49-51-60(66)71-56-57(53-54-58-62(68)64(70)63(69)59(55-65)73-58)72-61(67)52-50-48-46-44-42-40-38-36-34-32-30-28-26-24-22-20-18-16-14-12-10-8-6-4-2/h57-59,62-65,68-70H,3-56H2,1-2H3/t57-,58-,59+,62-,63-,64+/m0/s1. The summed E-state index contributed by atoms with van der Waals surface area (Å²) in [6, 6.07) is 0. The Morgan fingerprint density at radius 3 is 0.918 bits per heavy atom. The van der Waals surface area contributed by atoms with Gasteiger partial charge in [0.1, 0.15) is 37.1 Å². The Kier molecular flexibility index (Phi) is 51.7. The number of ether oxygens (including phenoxy) is 3. The van der Waals surface area contributed by atoms with Crippen LogP contribution in [0.4, 0.5) is 0 Å². The van der Waals surface area contributed by atoms with E-state index in [4.69, 9.17) is 14.2 Å². The molecule has 6 atom stereocenters. The molecule has 0 radical (unpaired) electrons. The normalized spacial score (nSPS) is 18.4. The fraction of sp³-hybridized carbons (Fsp3) is 0.969. The second-order valence-electron chi connectivity index (χ2n) is 23.0. The van der Waals surface area contributed by atoms with Crippen LogP contribution in [0.5, 0.6) is 0 Å². The summed E-state index contributed by atoms with van der Waals surface area (Å²) in [5.41, 5.74) is 0. The van der Waals surface area contributed by atoms with Crippen molar-refractivity contribution in [2.75, 3.05) is 13.2 Å². The maximum Gasteiger partial charge on any atom is 0.306 e. The molecule has 0 amide bonds. The first-order valence-electron chi connectivity index (χ1n) is 32.5. The molecule has 0 spiro atoms. The highest BCUT2D eigenvalue weighted by molar-refractivity contribution is 5.70. The van der Waals surface area contributed by atoms with E-state index in [0.717, 1.165) is 38.5 Å². The van der Waals surface area contributed by atoms with E-state index in [1.54, 1.807) is 0 Å². The lowest BCUT2D eigenvalue weighted by atomic mass is 9.92. The first kappa shape index (κ1) is 69.8. The van der Waals surface area contributed by atoms with Gasteiger partial charge in [-0.05, 0) is 25.7 Å². The molecule has 1 fully saturated rings. The van der Waals surface area contributed by atoms with Gasteiger partial charge in [0, 0.05) is 12.8 Å². The number of hydrogen-bond acceptors (Lipinski definition) is 9. The number of carbonyl (C=O) groups is 2. The molecule has 1 saturated heterocycles. The summed E-state index contributed by atoms with van der Waals surface area (Å²) in [5.74, 6) is -0.642. The summed E-state index contributed by atoms with van der Waals surface area (Å²) < 4.78 is 17.1. The summed E-state index contributed by atoms with van der Waals surface area (Å²) in [5, 5.41) is 40.7. The topological polar surface area (TPSA) is 143 Å². The predicted molar refractivity (Wildman–Crippen MR) is 306 cm³/mol. The van der Waals surface area contributed by atoms with E-state index in [9.17, 15) is 30.0 Å². The molecule has 0 unspecified atom stereocenters. The Morgan fingerprint density at radius 1 is 0.370 bits per heavy atom. The van der Waals surface area contributed by atoms with Gasteiger partial charge in [0.2, 0.25) is 0 Å². The van der Waals surface area contributed by atoms with Crippen LogP contribution in [0.1, 0.15) is 348 Å². The minimum Gasteiger partial charge on any atom is -0.462 e. The van der Waals surface area contributed by atoms with Crippen LogP contribution < -0.4 is 0 Å². The Hall–Kier alpha value is -1.26. The van der Waals surface area contributed by atoms with Gasteiger partial charge >= 0.3 is 11.9 Å². The van der Waals surface area contributed by atoms with Crippen LogP contribution in [0, 0.1) is 0 Å². The molecule has 1 rings (SSSR count). The number of rotatable bonds is 57. The van der Waals surface area contributed by atoms with E-state index >= 15 is 0 Å². The van der Waals surface area contributed by atoms with Gasteiger partial charge in [-0.15, -0.1) is 0 Å². The molecule has 1 aliphatic rings. The van der Waals surface area contributed by atoms with E-state index in [2.05, 4.69) is 13.8 Å². The van der Waals surface area contributed by atoms with E-state index in [0.29, 0.717) is 12.8 Å². The largest absolute Gasteiger partial charge is 0.462 e. The van der Waals surface area contributed by atoms with Crippen LogP contribution in [0.3, 0.4) is 0 Å². The zero-order chi connectivity index (χ0) is 52.9. The Labute approximate surface area is 452 Å². The van der Waals surface area contributed by atoms with Crippen molar-refractivity contribution in [1.29, 1.82) is 0 Å². The second kappa shape index (κ2) is 54.1. The van der Waals surface area contributed by atoms with Gasteiger partial charge in [0.25, 0.3) is 0 Å².